The predicted octanol–water partition coefficient (Wildman–Crippen LogP) is 3.33. The summed E-state index contributed by atoms with van der Waals surface area (Å²) < 4.78 is 5.45. The molecule has 128 valence electrons. The molecule has 0 unspecified atom stereocenters. The summed E-state index contributed by atoms with van der Waals surface area (Å²) in [6.07, 6.45) is 4.15. The Bertz CT molecular complexity index is 872. The monoisotopic (exact) mass is 334 g/mol. The Morgan fingerprint density at radius 1 is 1.12 bits per heavy atom. The van der Waals surface area contributed by atoms with Gasteiger partial charge in [-0.1, -0.05) is 56.3 Å². The number of nitrogens with one attached hydrogen (secondary N) is 1. The summed E-state index contributed by atoms with van der Waals surface area (Å²) in [5, 5.41) is 3.23. The standard InChI is InChI=1S/C21H22N2O2/c1-20(2)16-9-5-6-10-17(16)23-14-19(24)22-21(20,23)13-12-15-8-4-7-11-18(15)25-3/h4-13H,14H2,1-3H3,(H,22,24)/t21-/m0/s1. The molecule has 2 aliphatic rings. The molecular formula is C21H22N2O2. The lowest BCUT2D eigenvalue weighted by Gasteiger charge is -2.40. The third-order valence-electron chi connectivity index (χ3n) is 5.52. The third kappa shape index (κ3) is 2.10. The van der Waals surface area contributed by atoms with Crippen LogP contribution in [0.2, 0.25) is 0 Å². The van der Waals surface area contributed by atoms with Gasteiger partial charge in [0.05, 0.1) is 13.7 Å². The third-order valence-corrected chi connectivity index (χ3v) is 5.52. The fraction of sp³-hybridized carbons (Fsp3) is 0.286. The van der Waals surface area contributed by atoms with E-state index in [-0.39, 0.29) is 11.3 Å². The smallest absolute Gasteiger partial charge is 0.241 e. The second-order valence-corrected chi connectivity index (χ2v) is 7.12. The van der Waals surface area contributed by atoms with Gasteiger partial charge in [0.25, 0.3) is 0 Å². The van der Waals surface area contributed by atoms with Crippen molar-refractivity contribution in [2.45, 2.75) is 24.9 Å². The van der Waals surface area contributed by atoms with Crippen molar-refractivity contribution < 1.29 is 9.53 Å². The number of anilines is 1. The van der Waals surface area contributed by atoms with Crippen molar-refractivity contribution in [3.05, 3.63) is 65.7 Å². The molecule has 4 heteroatoms. The van der Waals surface area contributed by atoms with Crippen LogP contribution in [-0.4, -0.2) is 25.2 Å². The van der Waals surface area contributed by atoms with Crippen LogP contribution in [0.4, 0.5) is 5.69 Å². The van der Waals surface area contributed by atoms with Crippen molar-refractivity contribution in [3.8, 4) is 5.75 Å². The Balaban J connectivity index is 1.84. The highest BCUT2D eigenvalue weighted by Gasteiger charge is 2.59. The van der Waals surface area contributed by atoms with Gasteiger partial charge in [0.15, 0.2) is 0 Å². The fourth-order valence-corrected chi connectivity index (χ4v) is 4.15. The van der Waals surface area contributed by atoms with Crippen LogP contribution < -0.4 is 15.0 Å². The fourth-order valence-electron chi connectivity index (χ4n) is 4.15. The van der Waals surface area contributed by atoms with Crippen molar-refractivity contribution in [2.24, 2.45) is 0 Å². The number of para-hydroxylation sites is 2. The van der Waals surface area contributed by atoms with Gasteiger partial charge in [-0.05, 0) is 23.8 Å². The molecule has 2 aliphatic heterocycles. The van der Waals surface area contributed by atoms with Crippen LogP contribution in [0.3, 0.4) is 0 Å². The maximum Gasteiger partial charge on any atom is 0.241 e. The van der Waals surface area contributed by atoms with Crippen molar-refractivity contribution in [2.75, 3.05) is 18.6 Å². The molecule has 0 bridgehead atoms. The molecule has 0 spiro atoms. The average Bonchev–Trinajstić information content (AvgIpc) is 3.05. The van der Waals surface area contributed by atoms with E-state index >= 15 is 0 Å². The van der Waals surface area contributed by atoms with Crippen LogP contribution >= 0.6 is 0 Å². The Hall–Kier alpha value is -2.75. The number of ether oxygens (including phenoxy) is 1. The lowest BCUT2D eigenvalue weighted by atomic mass is 9.75. The molecule has 1 saturated heterocycles. The first-order chi connectivity index (χ1) is 12.0. The van der Waals surface area contributed by atoms with Gasteiger partial charge in [-0.2, -0.15) is 0 Å². The molecule has 4 nitrogen and oxygen atoms in total. The summed E-state index contributed by atoms with van der Waals surface area (Å²) in [5.74, 6) is 0.867. The maximum atomic E-state index is 12.3. The van der Waals surface area contributed by atoms with Gasteiger partial charge >= 0.3 is 0 Å². The molecule has 2 heterocycles. The van der Waals surface area contributed by atoms with Gasteiger partial charge in [0.2, 0.25) is 5.91 Å². The topological polar surface area (TPSA) is 41.6 Å². The molecule has 4 rings (SSSR count). The number of carbonyl (C=O) groups is 1. The molecule has 0 aliphatic carbocycles. The summed E-state index contributed by atoms with van der Waals surface area (Å²) in [7, 11) is 1.67. The van der Waals surface area contributed by atoms with E-state index in [1.807, 2.05) is 36.4 Å². The number of rotatable bonds is 3. The zero-order valence-corrected chi connectivity index (χ0v) is 14.7. The normalized spacial score (nSPS) is 23.5. The van der Waals surface area contributed by atoms with Crippen molar-refractivity contribution in [1.82, 2.24) is 5.32 Å². The number of fused-ring (bicyclic) bond motifs is 3. The van der Waals surface area contributed by atoms with E-state index in [9.17, 15) is 4.79 Å². The van der Waals surface area contributed by atoms with E-state index in [2.05, 4.69) is 48.3 Å². The molecular weight excluding hydrogens is 312 g/mol. The van der Waals surface area contributed by atoms with Crippen molar-refractivity contribution in [1.29, 1.82) is 0 Å². The Morgan fingerprint density at radius 2 is 1.84 bits per heavy atom. The maximum absolute atomic E-state index is 12.3. The minimum absolute atomic E-state index is 0.0484. The highest BCUT2D eigenvalue weighted by molar-refractivity contribution is 5.91. The average molecular weight is 334 g/mol. The van der Waals surface area contributed by atoms with E-state index in [1.54, 1.807) is 7.11 Å². The lowest BCUT2D eigenvalue weighted by Crippen LogP contribution is -2.58. The number of methoxy groups -OCH3 is 1. The van der Waals surface area contributed by atoms with Gasteiger partial charge in [-0.25, -0.2) is 0 Å². The van der Waals surface area contributed by atoms with Gasteiger partial charge in [0, 0.05) is 16.7 Å². The second-order valence-electron chi connectivity index (χ2n) is 7.12. The quantitative estimate of drug-likeness (QED) is 0.936. The molecule has 2 aromatic carbocycles. The number of carbonyl (C=O) groups excluding carboxylic acids is 1. The zero-order valence-electron chi connectivity index (χ0n) is 14.7. The number of hydrogen-bond donors (Lipinski definition) is 1. The van der Waals surface area contributed by atoms with Gasteiger partial charge < -0.3 is 15.0 Å². The van der Waals surface area contributed by atoms with Crippen LogP contribution in [0, 0.1) is 0 Å². The summed E-state index contributed by atoms with van der Waals surface area (Å²) in [6, 6.07) is 16.2. The van der Waals surface area contributed by atoms with Gasteiger partial charge in [-0.15, -0.1) is 0 Å². The molecule has 25 heavy (non-hydrogen) atoms. The SMILES string of the molecule is COc1ccccc1C=C[C@]12NC(=O)CN1c1ccccc1C2(C)C. The van der Waals surface area contributed by atoms with Crippen LogP contribution in [-0.2, 0) is 10.2 Å². The summed E-state index contributed by atoms with van der Waals surface area (Å²) in [6.45, 7) is 4.74. The molecule has 0 radical (unpaired) electrons. The number of benzene rings is 2. The van der Waals surface area contributed by atoms with E-state index in [0.717, 1.165) is 17.0 Å². The van der Waals surface area contributed by atoms with Gasteiger partial charge in [0.1, 0.15) is 11.4 Å². The zero-order chi connectivity index (χ0) is 17.7. The first-order valence-corrected chi connectivity index (χ1v) is 8.50. The van der Waals surface area contributed by atoms with E-state index in [0.29, 0.717) is 6.54 Å². The van der Waals surface area contributed by atoms with Crippen LogP contribution in [0.5, 0.6) is 5.75 Å². The first kappa shape index (κ1) is 15.8. The molecule has 0 aromatic heterocycles. The van der Waals surface area contributed by atoms with Crippen LogP contribution in [0.1, 0.15) is 25.0 Å². The van der Waals surface area contributed by atoms with Gasteiger partial charge in [-0.3, -0.25) is 4.79 Å². The summed E-state index contributed by atoms with van der Waals surface area (Å²) in [5.41, 5.74) is 2.53. The highest BCUT2D eigenvalue weighted by atomic mass is 16.5. The molecule has 0 saturated carbocycles. The van der Waals surface area contributed by atoms with Crippen molar-refractivity contribution in [3.63, 3.8) is 0 Å². The van der Waals surface area contributed by atoms with E-state index in [1.165, 1.54) is 5.56 Å². The number of nitrogens with zero attached hydrogens (tertiary/aromatic N) is 1. The number of amides is 1. The molecule has 1 amide bonds. The Labute approximate surface area is 148 Å². The van der Waals surface area contributed by atoms with E-state index in [4.69, 9.17) is 4.74 Å². The summed E-state index contributed by atoms with van der Waals surface area (Å²) in [4.78, 5) is 14.5. The van der Waals surface area contributed by atoms with Crippen LogP contribution in [0.15, 0.2) is 54.6 Å². The number of hydrogen-bond acceptors (Lipinski definition) is 3. The predicted molar refractivity (Wildman–Crippen MR) is 99.7 cm³/mol. The summed E-state index contributed by atoms with van der Waals surface area (Å²) >= 11 is 0. The Morgan fingerprint density at radius 3 is 2.64 bits per heavy atom. The lowest BCUT2D eigenvalue weighted by molar-refractivity contribution is -0.118. The van der Waals surface area contributed by atoms with Crippen molar-refractivity contribution >= 4 is 17.7 Å². The highest BCUT2D eigenvalue weighted by Crippen LogP contribution is 2.52. The molecule has 1 N–H and O–H groups in total. The minimum Gasteiger partial charge on any atom is -0.496 e. The minimum atomic E-state index is -0.575. The largest absolute Gasteiger partial charge is 0.496 e. The molecule has 1 atom stereocenters. The first-order valence-electron chi connectivity index (χ1n) is 8.50. The molecule has 1 fully saturated rings. The Kier molecular flexibility index (Phi) is 3.39. The van der Waals surface area contributed by atoms with Crippen LogP contribution in [0.25, 0.3) is 6.08 Å². The molecule has 2 aromatic rings. The van der Waals surface area contributed by atoms with E-state index < -0.39 is 5.66 Å². The second kappa shape index (κ2) is 5.38.